The van der Waals surface area contributed by atoms with Crippen LogP contribution in [-0.2, 0) is 20.9 Å². The Hall–Kier alpha value is -2.68. The summed E-state index contributed by atoms with van der Waals surface area (Å²) in [6.45, 7) is 6.67. The molecule has 2 heterocycles. The molecular formula is C20H25N5O3S. The van der Waals surface area contributed by atoms with Crippen LogP contribution < -0.4 is 5.32 Å². The van der Waals surface area contributed by atoms with E-state index in [4.69, 9.17) is 4.74 Å². The van der Waals surface area contributed by atoms with Gasteiger partial charge >= 0.3 is 5.97 Å². The van der Waals surface area contributed by atoms with Crippen LogP contribution in [0.2, 0.25) is 0 Å². The quantitative estimate of drug-likeness (QED) is 0.446. The van der Waals surface area contributed by atoms with Crippen LogP contribution in [0.5, 0.6) is 0 Å². The smallest absolute Gasteiger partial charge is 0.328 e. The molecule has 0 fully saturated rings. The fourth-order valence-electron chi connectivity index (χ4n) is 3.21. The topological polar surface area (TPSA) is 99.0 Å². The first-order valence-electron chi connectivity index (χ1n) is 9.61. The monoisotopic (exact) mass is 415 g/mol. The third-order valence-corrected chi connectivity index (χ3v) is 5.83. The fraction of sp³-hybridized carbons (Fsp3) is 0.450. The number of rotatable bonds is 8. The lowest BCUT2D eigenvalue weighted by atomic mass is 9.99. The van der Waals surface area contributed by atoms with Gasteiger partial charge in [-0.05, 0) is 18.9 Å². The number of carbonyl (C=O) groups is 2. The minimum atomic E-state index is -0.665. The number of para-hydroxylation sites is 1. The summed E-state index contributed by atoms with van der Waals surface area (Å²) in [5.74, 6) is -0.649. The highest BCUT2D eigenvalue weighted by molar-refractivity contribution is 7.99. The number of hydrogen-bond acceptors (Lipinski definition) is 7. The number of esters is 1. The van der Waals surface area contributed by atoms with Crippen molar-refractivity contribution in [3.8, 4) is 0 Å². The average molecular weight is 416 g/mol. The minimum absolute atomic E-state index is 0.0223. The molecule has 0 aliphatic heterocycles. The van der Waals surface area contributed by atoms with Crippen molar-refractivity contribution >= 4 is 45.7 Å². The van der Waals surface area contributed by atoms with Crippen LogP contribution in [0.15, 0.2) is 29.4 Å². The van der Waals surface area contributed by atoms with Gasteiger partial charge in [0, 0.05) is 11.9 Å². The minimum Gasteiger partial charge on any atom is -0.467 e. The molecular weight excluding hydrogens is 390 g/mol. The summed E-state index contributed by atoms with van der Waals surface area (Å²) in [7, 11) is 1.32. The van der Waals surface area contributed by atoms with Crippen LogP contribution in [0.1, 0.15) is 27.2 Å². The normalized spacial score (nSPS) is 13.4. The predicted molar refractivity (Wildman–Crippen MR) is 113 cm³/mol. The van der Waals surface area contributed by atoms with Gasteiger partial charge in [0.15, 0.2) is 5.65 Å². The Labute approximate surface area is 173 Å². The molecule has 154 valence electrons. The summed E-state index contributed by atoms with van der Waals surface area (Å²) in [5, 5.41) is 12.7. The summed E-state index contributed by atoms with van der Waals surface area (Å²) in [5.41, 5.74) is 2.55. The van der Waals surface area contributed by atoms with E-state index in [9.17, 15) is 9.59 Å². The molecule has 2 aromatic heterocycles. The van der Waals surface area contributed by atoms with Crippen molar-refractivity contribution in [2.24, 2.45) is 5.92 Å². The Morgan fingerprint density at radius 3 is 2.69 bits per heavy atom. The number of nitrogens with one attached hydrogen (secondary N) is 1. The van der Waals surface area contributed by atoms with Crippen molar-refractivity contribution in [1.82, 2.24) is 25.1 Å². The van der Waals surface area contributed by atoms with Crippen molar-refractivity contribution < 1.29 is 14.3 Å². The first-order valence-corrected chi connectivity index (χ1v) is 10.6. The van der Waals surface area contributed by atoms with Crippen molar-refractivity contribution in [1.29, 1.82) is 0 Å². The maximum absolute atomic E-state index is 12.4. The van der Waals surface area contributed by atoms with Crippen LogP contribution in [-0.4, -0.2) is 50.5 Å². The number of nitrogens with zero attached hydrogens (tertiary/aromatic N) is 4. The Kier molecular flexibility index (Phi) is 6.68. The van der Waals surface area contributed by atoms with Crippen LogP contribution in [0.3, 0.4) is 0 Å². The van der Waals surface area contributed by atoms with Crippen molar-refractivity contribution in [2.75, 3.05) is 12.9 Å². The van der Waals surface area contributed by atoms with Gasteiger partial charge in [0.2, 0.25) is 11.1 Å². The molecule has 0 spiro atoms. The lowest BCUT2D eigenvalue weighted by Gasteiger charge is -2.21. The first-order chi connectivity index (χ1) is 14.0. The van der Waals surface area contributed by atoms with Gasteiger partial charge in [-0.1, -0.05) is 50.2 Å². The Morgan fingerprint density at radius 1 is 1.24 bits per heavy atom. The molecule has 3 rings (SSSR count). The van der Waals surface area contributed by atoms with Crippen molar-refractivity contribution in [2.45, 2.75) is 44.9 Å². The van der Waals surface area contributed by atoms with E-state index in [0.29, 0.717) is 5.16 Å². The number of fused-ring (bicyclic) bond motifs is 3. The number of aryl methyl sites for hydroxylation is 1. The van der Waals surface area contributed by atoms with Crippen LogP contribution in [0.25, 0.3) is 22.1 Å². The van der Waals surface area contributed by atoms with Gasteiger partial charge in [-0.2, -0.15) is 0 Å². The zero-order valence-corrected chi connectivity index (χ0v) is 17.8. The maximum Gasteiger partial charge on any atom is 0.328 e. The van der Waals surface area contributed by atoms with Crippen LogP contribution in [0, 0.1) is 5.92 Å². The number of hydrogen-bond donors (Lipinski definition) is 1. The molecule has 0 aliphatic rings. The van der Waals surface area contributed by atoms with Gasteiger partial charge in [-0.3, -0.25) is 4.79 Å². The molecule has 1 amide bonds. The molecule has 0 unspecified atom stereocenters. The van der Waals surface area contributed by atoms with E-state index in [1.165, 1.54) is 18.9 Å². The summed E-state index contributed by atoms with van der Waals surface area (Å²) in [6.07, 6.45) is 0.748. The second-order valence-electron chi connectivity index (χ2n) is 6.77. The van der Waals surface area contributed by atoms with E-state index in [1.54, 1.807) is 0 Å². The van der Waals surface area contributed by atoms with Gasteiger partial charge in [0.25, 0.3) is 0 Å². The van der Waals surface area contributed by atoms with Gasteiger partial charge < -0.3 is 14.6 Å². The van der Waals surface area contributed by atoms with Crippen molar-refractivity contribution in [3.05, 3.63) is 24.3 Å². The number of thioether (sulfide) groups is 1. The van der Waals surface area contributed by atoms with E-state index in [2.05, 4.69) is 32.0 Å². The summed E-state index contributed by atoms with van der Waals surface area (Å²) in [6, 6.07) is 7.32. The van der Waals surface area contributed by atoms with E-state index in [-0.39, 0.29) is 17.6 Å². The summed E-state index contributed by atoms with van der Waals surface area (Å²) < 4.78 is 6.89. The molecule has 1 aromatic carbocycles. The van der Waals surface area contributed by atoms with Gasteiger partial charge in [0.1, 0.15) is 11.6 Å². The number of methoxy groups -OCH3 is 1. The third kappa shape index (κ3) is 4.34. The zero-order valence-electron chi connectivity index (χ0n) is 17.0. The van der Waals surface area contributed by atoms with Crippen molar-refractivity contribution in [3.63, 3.8) is 0 Å². The largest absolute Gasteiger partial charge is 0.467 e. The highest BCUT2D eigenvalue weighted by Gasteiger charge is 2.26. The van der Waals surface area contributed by atoms with Gasteiger partial charge in [-0.25, -0.2) is 9.78 Å². The standard InChI is InChI=1S/C20H25N5O3S/c1-5-12(3)16(19(27)28-4)21-15(26)11-29-20-22-18-17(23-24-20)13-9-7-8-10-14(13)25(18)6-2/h7-10,12,16H,5-6,11H2,1-4H3,(H,21,26)/t12-,16+/m0/s1. The number of carbonyl (C=O) groups excluding carboxylic acids is 2. The lowest BCUT2D eigenvalue weighted by molar-refractivity contribution is -0.146. The molecule has 1 N–H and O–H groups in total. The zero-order chi connectivity index (χ0) is 21.0. The number of benzene rings is 1. The number of aromatic nitrogens is 4. The summed E-state index contributed by atoms with van der Waals surface area (Å²) in [4.78, 5) is 28.9. The van der Waals surface area contributed by atoms with E-state index >= 15 is 0 Å². The van der Waals surface area contributed by atoms with Gasteiger partial charge in [-0.15, -0.1) is 10.2 Å². The highest BCUT2D eigenvalue weighted by Crippen LogP contribution is 2.26. The second kappa shape index (κ2) is 9.21. The predicted octanol–water partition coefficient (Wildman–Crippen LogP) is 2.80. The molecule has 29 heavy (non-hydrogen) atoms. The number of amides is 1. The van der Waals surface area contributed by atoms with E-state index < -0.39 is 12.0 Å². The molecule has 8 nitrogen and oxygen atoms in total. The second-order valence-corrected chi connectivity index (χ2v) is 7.71. The summed E-state index contributed by atoms with van der Waals surface area (Å²) >= 11 is 1.19. The average Bonchev–Trinajstić information content (AvgIpc) is 3.07. The van der Waals surface area contributed by atoms with E-state index in [1.807, 2.05) is 38.1 Å². The number of ether oxygens (including phenoxy) is 1. The van der Waals surface area contributed by atoms with Crippen LogP contribution in [0.4, 0.5) is 0 Å². The van der Waals surface area contributed by atoms with Crippen LogP contribution >= 0.6 is 11.8 Å². The molecule has 2 atom stereocenters. The molecule has 0 aliphatic carbocycles. The lowest BCUT2D eigenvalue weighted by Crippen LogP contribution is -2.46. The highest BCUT2D eigenvalue weighted by atomic mass is 32.2. The molecule has 0 saturated heterocycles. The first kappa shape index (κ1) is 21.0. The Bertz CT molecular complexity index is 1040. The van der Waals surface area contributed by atoms with E-state index in [0.717, 1.165) is 35.0 Å². The molecule has 0 saturated carbocycles. The van der Waals surface area contributed by atoms with Gasteiger partial charge in [0.05, 0.1) is 18.4 Å². The molecule has 9 heteroatoms. The Balaban J connectivity index is 1.76. The third-order valence-electron chi connectivity index (χ3n) is 4.99. The maximum atomic E-state index is 12.4. The molecule has 0 bridgehead atoms. The fourth-order valence-corrected chi connectivity index (χ4v) is 3.80. The molecule has 3 aromatic rings. The SMILES string of the molecule is CC[C@H](C)[C@@H](NC(=O)CSc1nnc2c3ccccc3n(CC)c2n1)C(=O)OC. The molecule has 0 radical (unpaired) electrons. The Morgan fingerprint density at radius 2 is 2.00 bits per heavy atom.